The van der Waals surface area contributed by atoms with Crippen LogP contribution in [0.25, 0.3) is 0 Å². The molecular formula is C8H17NO2. The molecule has 0 bridgehead atoms. The Morgan fingerprint density at radius 2 is 2.18 bits per heavy atom. The van der Waals surface area contributed by atoms with E-state index >= 15 is 0 Å². The van der Waals surface area contributed by atoms with E-state index in [1.54, 1.807) is 6.92 Å². The Bertz CT molecular complexity index is 132. The van der Waals surface area contributed by atoms with Crippen molar-refractivity contribution < 1.29 is 9.90 Å². The summed E-state index contributed by atoms with van der Waals surface area (Å²) in [5.41, 5.74) is 5.20. The maximum atomic E-state index is 10.3. The van der Waals surface area contributed by atoms with E-state index in [9.17, 15) is 4.79 Å². The molecule has 0 amide bonds. The summed E-state index contributed by atoms with van der Waals surface area (Å²) in [5, 5.41) is 8.47. The number of rotatable bonds is 5. The van der Waals surface area contributed by atoms with Gasteiger partial charge in [0.25, 0.3) is 0 Å². The second kappa shape index (κ2) is 4.34. The van der Waals surface area contributed by atoms with Crippen molar-refractivity contribution in [2.45, 2.75) is 45.1 Å². The molecule has 0 aromatic carbocycles. The molecule has 0 aliphatic heterocycles. The Labute approximate surface area is 67.6 Å². The minimum absolute atomic E-state index is 0.0625. The smallest absolute Gasteiger partial charge is 0.305 e. The first-order valence-electron chi connectivity index (χ1n) is 3.98. The third-order valence-electron chi connectivity index (χ3n) is 1.66. The topological polar surface area (TPSA) is 63.3 Å². The van der Waals surface area contributed by atoms with Gasteiger partial charge in [-0.2, -0.15) is 0 Å². The predicted octanol–water partition coefficient (Wildman–Crippen LogP) is 1.37. The van der Waals surface area contributed by atoms with Gasteiger partial charge in [-0.15, -0.1) is 0 Å². The van der Waals surface area contributed by atoms with E-state index in [-0.39, 0.29) is 6.42 Å². The fraction of sp³-hybridized carbons (Fsp3) is 0.875. The second-order valence-electron chi connectivity index (χ2n) is 3.33. The summed E-state index contributed by atoms with van der Waals surface area (Å²) < 4.78 is 0. The highest BCUT2D eigenvalue weighted by molar-refractivity contribution is 5.68. The summed E-state index contributed by atoms with van der Waals surface area (Å²) in [5.74, 6) is -0.814. The first kappa shape index (κ1) is 10.4. The van der Waals surface area contributed by atoms with Crippen molar-refractivity contribution in [2.75, 3.05) is 0 Å². The number of carbonyl (C=O) groups is 1. The number of hydrogen-bond donors (Lipinski definition) is 2. The van der Waals surface area contributed by atoms with Gasteiger partial charge in [0.15, 0.2) is 0 Å². The van der Waals surface area contributed by atoms with Crippen LogP contribution in [0.4, 0.5) is 0 Å². The molecule has 0 unspecified atom stereocenters. The number of carboxylic acids is 1. The standard InChI is InChI=1S/C8H17NO2/c1-3-4-5-8(2,9)6-7(10)11/h3-6,9H2,1-2H3,(H,10,11)/t8-/m0/s1. The molecule has 0 radical (unpaired) electrons. The lowest BCUT2D eigenvalue weighted by Gasteiger charge is -2.21. The van der Waals surface area contributed by atoms with E-state index in [1.165, 1.54) is 0 Å². The lowest BCUT2D eigenvalue weighted by atomic mass is 9.93. The zero-order valence-electron chi connectivity index (χ0n) is 7.26. The molecule has 0 saturated carbocycles. The number of unbranched alkanes of at least 4 members (excludes halogenated alkanes) is 1. The molecule has 66 valence electrons. The molecule has 0 rings (SSSR count). The summed E-state index contributed by atoms with van der Waals surface area (Å²) in [6.45, 7) is 3.85. The van der Waals surface area contributed by atoms with Crippen molar-refractivity contribution in [3.63, 3.8) is 0 Å². The van der Waals surface area contributed by atoms with Gasteiger partial charge in [-0.05, 0) is 13.3 Å². The van der Waals surface area contributed by atoms with Crippen molar-refractivity contribution in [1.82, 2.24) is 0 Å². The largest absolute Gasteiger partial charge is 0.481 e. The molecule has 0 spiro atoms. The molecule has 0 fully saturated rings. The van der Waals surface area contributed by atoms with Crippen LogP contribution in [0.15, 0.2) is 0 Å². The fourth-order valence-corrected chi connectivity index (χ4v) is 1.01. The van der Waals surface area contributed by atoms with Crippen LogP contribution in [-0.4, -0.2) is 16.6 Å². The molecule has 3 N–H and O–H groups in total. The Kier molecular flexibility index (Phi) is 4.11. The highest BCUT2D eigenvalue weighted by Gasteiger charge is 2.20. The molecule has 0 saturated heterocycles. The zero-order chi connectivity index (χ0) is 8.91. The minimum atomic E-state index is -0.814. The van der Waals surface area contributed by atoms with Crippen molar-refractivity contribution in [2.24, 2.45) is 5.73 Å². The van der Waals surface area contributed by atoms with Crippen LogP contribution in [0.2, 0.25) is 0 Å². The van der Waals surface area contributed by atoms with Crippen LogP contribution in [0.3, 0.4) is 0 Å². The van der Waals surface area contributed by atoms with Gasteiger partial charge in [-0.1, -0.05) is 19.8 Å². The van der Waals surface area contributed by atoms with Gasteiger partial charge in [0.2, 0.25) is 0 Å². The van der Waals surface area contributed by atoms with Crippen LogP contribution in [0.1, 0.15) is 39.5 Å². The Hall–Kier alpha value is -0.570. The molecule has 0 aromatic rings. The normalized spacial score (nSPS) is 15.9. The maximum absolute atomic E-state index is 10.3. The van der Waals surface area contributed by atoms with Gasteiger partial charge in [0, 0.05) is 5.54 Å². The van der Waals surface area contributed by atoms with Crippen molar-refractivity contribution >= 4 is 5.97 Å². The van der Waals surface area contributed by atoms with E-state index in [4.69, 9.17) is 10.8 Å². The van der Waals surface area contributed by atoms with Crippen LogP contribution >= 0.6 is 0 Å². The van der Waals surface area contributed by atoms with Crippen LogP contribution in [0, 0.1) is 0 Å². The Morgan fingerprint density at radius 1 is 1.64 bits per heavy atom. The highest BCUT2D eigenvalue weighted by Crippen LogP contribution is 2.14. The van der Waals surface area contributed by atoms with Gasteiger partial charge in [-0.3, -0.25) is 4.79 Å². The van der Waals surface area contributed by atoms with E-state index in [1.807, 2.05) is 0 Å². The number of carboxylic acid groups (broad SMARTS) is 1. The molecular weight excluding hydrogens is 142 g/mol. The van der Waals surface area contributed by atoms with Gasteiger partial charge < -0.3 is 10.8 Å². The minimum Gasteiger partial charge on any atom is -0.481 e. The first-order valence-corrected chi connectivity index (χ1v) is 3.98. The number of hydrogen-bond acceptors (Lipinski definition) is 2. The summed E-state index contributed by atoms with van der Waals surface area (Å²) in [6, 6.07) is 0. The molecule has 0 aliphatic carbocycles. The third-order valence-corrected chi connectivity index (χ3v) is 1.66. The average Bonchev–Trinajstić information content (AvgIpc) is 1.81. The predicted molar refractivity (Wildman–Crippen MR) is 44.4 cm³/mol. The quantitative estimate of drug-likeness (QED) is 0.636. The summed E-state index contributed by atoms with van der Waals surface area (Å²) in [4.78, 5) is 10.3. The third kappa shape index (κ3) is 5.85. The van der Waals surface area contributed by atoms with Gasteiger partial charge >= 0.3 is 5.97 Å². The van der Waals surface area contributed by atoms with E-state index in [0.717, 1.165) is 19.3 Å². The van der Waals surface area contributed by atoms with Crippen LogP contribution in [0.5, 0.6) is 0 Å². The van der Waals surface area contributed by atoms with Crippen LogP contribution in [-0.2, 0) is 4.79 Å². The maximum Gasteiger partial charge on any atom is 0.305 e. The van der Waals surface area contributed by atoms with Crippen molar-refractivity contribution in [1.29, 1.82) is 0 Å². The monoisotopic (exact) mass is 159 g/mol. The fourth-order valence-electron chi connectivity index (χ4n) is 1.01. The number of aliphatic carboxylic acids is 1. The van der Waals surface area contributed by atoms with Gasteiger partial charge in [-0.25, -0.2) is 0 Å². The Balaban J connectivity index is 3.70. The van der Waals surface area contributed by atoms with Gasteiger partial charge in [0.1, 0.15) is 0 Å². The van der Waals surface area contributed by atoms with Gasteiger partial charge in [0.05, 0.1) is 6.42 Å². The van der Waals surface area contributed by atoms with E-state index in [2.05, 4.69) is 6.92 Å². The number of nitrogens with two attached hydrogens (primary N) is 1. The zero-order valence-corrected chi connectivity index (χ0v) is 7.26. The molecule has 3 heteroatoms. The first-order chi connectivity index (χ1) is 4.98. The second-order valence-corrected chi connectivity index (χ2v) is 3.33. The molecule has 11 heavy (non-hydrogen) atoms. The summed E-state index contributed by atoms with van der Waals surface area (Å²) in [6.07, 6.45) is 2.91. The lowest BCUT2D eigenvalue weighted by Crippen LogP contribution is -2.38. The van der Waals surface area contributed by atoms with Crippen LogP contribution < -0.4 is 5.73 Å². The van der Waals surface area contributed by atoms with E-state index in [0.29, 0.717) is 0 Å². The lowest BCUT2D eigenvalue weighted by molar-refractivity contribution is -0.138. The Morgan fingerprint density at radius 3 is 2.55 bits per heavy atom. The van der Waals surface area contributed by atoms with Crippen molar-refractivity contribution in [3.8, 4) is 0 Å². The molecule has 0 aromatic heterocycles. The van der Waals surface area contributed by atoms with Crippen molar-refractivity contribution in [3.05, 3.63) is 0 Å². The SMILES string of the molecule is CCCC[C@](C)(N)CC(=O)O. The van der Waals surface area contributed by atoms with E-state index < -0.39 is 11.5 Å². The molecule has 0 aliphatic rings. The molecule has 0 heterocycles. The molecule has 3 nitrogen and oxygen atoms in total. The summed E-state index contributed by atoms with van der Waals surface area (Å²) in [7, 11) is 0. The molecule has 1 atom stereocenters. The highest BCUT2D eigenvalue weighted by atomic mass is 16.4. The summed E-state index contributed by atoms with van der Waals surface area (Å²) >= 11 is 0. The average molecular weight is 159 g/mol.